The van der Waals surface area contributed by atoms with Crippen molar-refractivity contribution in [3.05, 3.63) is 35.4 Å². The largest absolute Gasteiger partial charge is 0.311 e. The molecule has 1 fully saturated rings. The van der Waals surface area contributed by atoms with Crippen molar-refractivity contribution in [2.45, 2.75) is 57.5 Å². The first-order chi connectivity index (χ1) is 9.99. The van der Waals surface area contributed by atoms with E-state index in [0.29, 0.717) is 12.0 Å². The van der Waals surface area contributed by atoms with Crippen molar-refractivity contribution in [1.82, 2.24) is 10.2 Å². The van der Waals surface area contributed by atoms with E-state index in [1.54, 1.807) is 0 Å². The lowest BCUT2D eigenvalue weighted by molar-refractivity contribution is 0.108. The van der Waals surface area contributed by atoms with Gasteiger partial charge in [0.1, 0.15) is 0 Å². The molecular weight excluding hydrogens is 256 g/mol. The maximum atomic E-state index is 3.62. The number of benzene rings is 1. The van der Waals surface area contributed by atoms with Gasteiger partial charge in [0.05, 0.1) is 6.04 Å². The molecule has 1 saturated carbocycles. The SMILES string of the molecule is CNC(c1cccc(CC(C)C)c1)C1(N(C)C)CCCC1. The van der Waals surface area contributed by atoms with E-state index in [9.17, 15) is 0 Å². The van der Waals surface area contributed by atoms with Crippen molar-refractivity contribution in [1.29, 1.82) is 0 Å². The highest BCUT2D eigenvalue weighted by molar-refractivity contribution is 5.29. The Morgan fingerprint density at radius 3 is 2.38 bits per heavy atom. The molecule has 1 aliphatic rings. The van der Waals surface area contributed by atoms with E-state index in [2.05, 4.69) is 69.5 Å². The van der Waals surface area contributed by atoms with Crippen LogP contribution in [0.15, 0.2) is 24.3 Å². The number of nitrogens with zero attached hydrogens (tertiary/aromatic N) is 1. The molecule has 1 N–H and O–H groups in total. The molecule has 0 heterocycles. The minimum Gasteiger partial charge on any atom is -0.311 e. The van der Waals surface area contributed by atoms with E-state index in [-0.39, 0.29) is 5.54 Å². The average Bonchev–Trinajstić information content (AvgIpc) is 2.90. The van der Waals surface area contributed by atoms with Gasteiger partial charge in [-0.1, -0.05) is 51.0 Å². The summed E-state index contributed by atoms with van der Waals surface area (Å²) in [5.41, 5.74) is 3.19. The lowest BCUT2D eigenvalue weighted by Gasteiger charge is -2.43. The van der Waals surface area contributed by atoms with Crippen LogP contribution < -0.4 is 5.32 Å². The summed E-state index contributed by atoms with van der Waals surface area (Å²) in [6, 6.07) is 9.64. The second-order valence-electron chi connectivity index (χ2n) is 7.27. The maximum Gasteiger partial charge on any atom is 0.0504 e. The van der Waals surface area contributed by atoms with Crippen molar-refractivity contribution in [2.75, 3.05) is 21.1 Å². The Bertz CT molecular complexity index is 445. The molecule has 1 aromatic rings. The fourth-order valence-electron chi connectivity index (χ4n) is 4.10. The van der Waals surface area contributed by atoms with Crippen LogP contribution in [0.2, 0.25) is 0 Å². The highest BCUT2D eigenvalue weighted by Crippen LogP contribution is 2.43. The molecule has 2 rings (SSSR count). The molecule has 1 aliphatic carbocycles. The summed E-state index contributed by atoms with van der Waals surface area (Å²) in [5.74, 6) is 0.711. The Morgan fingerprint density at radius 1 is 1.19 bits per heavy atom. The van der Waals surface area contributed by atoms with E-state index < -0.39 is 0 Å². The third-order valence-corrected chi connectivity index (χ3v) is 5.11. The molecule has 2 nitrogen and oxygen atoms in total. The van der Waals surface area contributed by atoms with Crippen LogP contribution in [0, 0.1) is 5.92 Å². The third-order valence-electron chi connectivity index (χ3n) is 5.11. The fraction of sp³-hybridized carbons (Fsp3) is 0.684. The summed E-state index contributed by atoms with van der Waals surface area (Å²) >= 11 is 0. The van der Waals surface area contributed by atoms with Gasteiger partial charge < -0.3 is 10.2 Å². The average molecular weight is 288 g/mol. The van der Waals surface area contributed by atoms with Crippen LogP contribution in [-0.2, 0) is 6.42 Å². The smallest absolute Gasteiger partial charge is 0.0504 e. The van der Waals surface area contributed by atoms with Gasteiger partial charge in [-0.05, 0) is 57.5 Å². The minimum atomic E-state index is 0.269. The van der Waals surface area contributed by atoms with Gasteiger partial charge in [-0.15, -0.1) is 0 Å². The van der Waals surface area contributed by atoms with Gasteiger partial charge in [0.25, 0.3) is 0 Å². The zero-order chi connectivity index (χ0) is 15.5. The number of nitrogens with one attached hydrogen (secondary N) is 1. The summed E-state index contributed by atoms with van der Waals surface area (Å²) in [5, 5.41) is 3.62. The first-order valence-corrected chi connectivity index (χ1v) is 8.43. The molecule has 0 spiro atoms. The maximum absolute atomic E-state index is 3.62. The topological polar surface area (TPSA) is 15.3 Å². The Labute approximate surface area is 130 Å². The Hall–Kier alpha value is -0.860. The number of likely N-dealkylation sites (N-methyl/N-ethyl adjacent to an activating group) is 2. The van der Waals surface area contributed by atoms with Crippen LogP contribution >= 0.6 is 0 Å². The van der Waals surface area contributed by atoms with Crippen molar-refractivity contribution in [3.63, 3.8) is 0 Å². The monoisotopic (exact) mass is 288 g/mol. The van der Waals surface area contributed by atoms with E-state index in [4.69, 9.17) is 0 Å². The van der Waals surface area contributed by atoms with Crippen LogP contribution in [0.4, 0.5) is 0 Å². The lowest BCUT2D eigenvalue weighted by atomic mass is 9.82. The van der Waals surface area contributed by atoms with E-state index in [1.807, 2.05) is 0 Å². The van der Waals surface area contributed by atoms with Gasteiger partial charge in [-0.3, -0.25) is 0 Å². The highest BCUT2D eigenvalue weighted by atomic mass is 15.2. The summed E-state index contributed by atoms with van der Waals surface area (Å²) in [6.45, 7) is 4.58. The standard InChI is InChI=1S/C19H32N2/c1-15(2)13-16-9-8-10-17(14-16)18(20-3)19(21(4)5)11-6-7-12-19/h8-10,14-15,18,20H,6-7,11-13H2,1-5H3. The molecule has 0 aromatic heterocycles. The molecule has 1 aromatic carbocycles. The second kappa shape index (κ2) is 6.93. The predicted octanol–water partition coefficient (Wildman–Crippen LogP) is 4.02. The van der Waals surface area contributed by atoms with E-state index in [0.717, 1.165) is 0 Å². The summed E-state index contributed by atoms with van der Waals surface area (Å²) in [7, 11) is 6.60. The molecular formula is C19H32N2. The Balaban J connectivity index is 2.32. The Morgan fingerprint density at radius 2 is 1.86 bits per heavy atom. The minimum absolute atomic E-state index is 0.269. The summed E-state index contributed by atoms with van der Waals surface area (Å²) in [6.07, 6.45) is 6.45. The molecule has 0 amide bonds. The molecule has 1 unspecified atom stereocenters. The molecule has 2 heteroatoms. The fourth-order valence-corrected chi connectivity index (χ4v) is 4.10. The van der Waals surface area contributed by atoms with Crippen LogP contribution in [0.3, 0.4) is 0 Å². The zero-order valence-electron chi connectivity index (χ0n) is 14.4. The van der Waals surface area contributed by atoms with Gasteiger partial charge in [0.2, 0.25) is 0 Å². The molecule has 0 bridgehead atoms. The number of hydrogen-bond donors (Lipinski definition) is 1. The number of rotatable bonds is 6. The molecule has 0 aliphatic heterocycles. The quantitative estimate of drug-likeness (QED) is 0.850. The molecule has 0 radical (unpaired) electrons. The van der Waals surface area contributed by atoms with Gasteiger partial charge in [0, 0.05) is 5.54 Å². The van der Waals surface area contributed by atoms with Gasteiger partial charge >= 0.3 is 0 Å². The van der Waals surface area contributed by atoms with Crippen molar-refractivity contribution in [3.8, 4) is 0 Å². The molecule has 21 heavy (non-hydrogen) atoms. The van der Waals surface area contributed by atoms with Crippen LogP contribution in [0.5, 0.6) is 0 Å². The number of hydrogen-bond acceptors (Lipinski definition) is 2. The van der Waals surface area contributed by atoms with Crippen molar-refractivity contribution < 1.29 is 0 Å². The third kappa shape index (κ3) is 3.49. The molecule has 0 saturated heterocycles. The van der Waals surface area contributed by atoms with Crippen molar-refractivity contribution >= 4 is 0 Å². The van der Waals surface area contributed by atoms with Crippen LogP contribution in [0.25, 0.3) is 0 Å². The lowest BCUT2D eigenvalue weighted by Crippen LogP contribution is -2.51. The first-order valence-electron chi connectivity index (χ1n) is 8.43. The van der Waals surface area contributed by atoms with Gasteiger partial charge in [0.15, 0.2) is 0 Å². The zero-order valence-corrected chi connectivity index (χ0v) is 14.4. The summed E-state index contributed by atoms with van der Waals surface area (Å²) < 4.78 is 0. The normalized spacial score (nSPS) is 19.4. The van der Waals surface area contributed by atoms with E-state index in [1.165, 1.54) is 43.2 Å². The molecule has 118 valence electrons. The van der Waals surface area contributed by atoms with Crippen molar-refractivity contribution in [2.24, 2.45) is 5.92 Å². The summed E-state index contributed by atoms with van der Waals surface area (Å²) in [4.78, 5) is 2.45. The van der Waals surface area contributed by atoms with Crippen LogP contribution in [-0.4, -0.2) is 31.6 Å². The van der Waals surface area contributed by atoms with Gasteiger partial charge in [-0.2, -0.15) is 0 Å². The van der Waals surface area contributed by atoms with E-state index >= 15 is 0 Å². The van der Waals surface area contributed by atoms with Crippen LogP contribution in [0.1, 0.15) is 56.7 Å². The highest BCUT2D eigenvalue weighted by Gasteiger charge is 2.43. The molecule has 1 atom stereocenters. The first kappa shape index (κ1) is 16.5. The van der Waals surface area contributed by atoms with Gasteiger partial charge in [-0.25, -0.2) is 0 Å². The predicted molar refractivity (Wildman–Crippen MR) is 91.7 cm³/mol. The second-order valence-corrected chi connectivity index (χ2v) is 7.27. The Kier molecular flexibility index (Phi) is 5.45.